The Bertz CT molecular complexity index is 1280. The number of halogens is 3. The summed E-state index contributed by atoms with van der Waals surface area (Å²) >= 11 is 7.28. The van der Waals surface area contributed by atoms with Gasteiger partial charge in [0, 0.05) is 28.4 Å². The number of benzene rings is 2. The number of thioether (sulfide) groups is 2. The van der Waals surface area contributed by atoms with E-state index in [4.69, 9.17) is 32.1 Å². The molecule has 2 aromatic carbocycles. The highest BCUT2D eigenvalue weighted by molar-refractivity contribution is 8.05. The summed E-state index contributed by atoms with van der Waals surface area (Å²) in [6.07, 6.45) is -0.387. The van der Waals surface area contributed by atoms with Crippen molar-refractivity contribution in [3.63, 3.8) is 0 Å². The van der Waals surface area contributed by atoms with Crippen molar-refractivity contribution in [2.75, 3.05) is 0 Å². The number of nitrogens with two attached hydrogens (primary N) is 1. The van der Waals surface area contributed by atoms with Crippen molar-refractivity contribution in [2.24, 2.45) is 5.73 Å². The molecule has 1 aromatic heterocycles. The van der Waals surface area contributed by atoms with Gasteiger partial charge in [0.15, 0.2) is 24.4 Å². The minimum atomic E-state index is -2.26. The fraction of sp³-hybridized carbons (Fsp3) is 0.150. The van der Waals surface area contributed by atoms with E-state index in [-0.39, 0.29) is 15.7 Å². The van der Waals surface area contributed by atoms with Crippen LogP contribution in [0.25, 0.3) is 0 Å². The SMILES string of the molecule is N#CSc1ncnn1COC(=O)[C@](N)(SC#N)[C@@H](Oc1ccc(F)cc1F)c1ccccc1Cl. The third-order valence-electron chi connectivity index (χ3n) is 4.28. The van der Waals surface area contributed by atoms with Crippen LogP contribution in [0.5, 0.6) is 5.75 Å². The molecule has 9 nitrogen and oxygen atoms in total. The molecule has 3 aromatic rings. The maximum absolute atomic E-state index is 14.4. The molecule has 1 heterocycles. The minimum Gasteiger partial charge on any atom is -0.479 e. The first-order valence-electron chi connectivity index (χ1n) is 9.13. The van der Waals surface area contributed by atoms with E-state index in [0.717, 1.165) is 23.1 Å². The zero-order chi connectivity index (χ0) is 24.7. The van der Waals surface area contributed by atoms with E-state index in [9.17, 15) is 18.8 Å². The van der Waals surface area contributed by atoms with Gasteiger partial charge in [-0.25, -0.2) is 23.2 Å². The van der Waals surface area contributed by atoms with Crippen molar-refractivity contribution < 1.29 is 23.0 Å². The van der Waals surface area contributed by atoms with Crippen LogP contribution in [-0.2, 0) is 16.3 Å². The van der Waals surface area contributed by atoms with E-state index in [1.807, 2.05) is 5.40 Å². The second-order valence-corrected chi connectivity index (χ2v) is 8.60. The summed E-state index contributed by atoms with van der Waals surface area (Å²) in [6.45, 7) is -0.492. The van der Waals surface area contributed by atoms with Crippen LogP contribution in [0.15, 0.2) is 53.9 Å². The largest absolute Gasteiger partial charge is 0.479 e. The van der Waals surface area contributed by atoms with Gasteiger partial charge in [0.25, 0.3) is 0 Å². The molecule has 0 amide bonds. The van der Waals surface area contributed by atoms with Crippen molar-refractivity contribution >= 4 is 41.1 Å². The van der Waals surface area contributed by atoms with Gasteiger partial charge in [-0.3, -0.25) is 0 Å². The van der Waals surface area contributed by atoms with Crippen LogP contribution < -0.4 is 10.5 Å². The van der Waals surface area contributed by atoms with Crippen LogP contribution in [0.2, 0.25) is 5.02 Å². The Balaban J connectivity index is 1.99. The Labute approximate surface area is 205 Å². The molecular formula is C20H13ClF2N6O3S2. The first kappa shape index (κ1) is 25.3. The number of nitrogens with zero attached hydrogens (tertiary/aromatic N) is 5. The third kappa shape index (κ3) is 5.58. The lowest BCUT2D eigenvalue weighted by Crippen LogP contribution is -2.53. The lowest BCUT2D eigenvalue weighted by Gasteiger charge is -2.33. The summed E-state index contributed by atoms with van der Waals surface area (Å²) < 4.78 is 39.8. The van der Waals surface area contributed by atoms with Gasteiger partial charge in [0.2, 0.25) is 10.0 Å². The lowest BCUT2D eigenvalue weighted by molar-refractivity contribution is -0.154. The maximum atomic E-state index is 14.4. The highest BCUT2D eigenvalue weighted by Gasteiger charge is 2.49. The summed E-state index contributed by atoms with van der Waals surface area (Å²) in [7, 11) is 0. The Morgan fingerprint density at radius 2 is 2.03 bits per heavy atom. The van der Waals surface area contributed by atoms with Gasteiger partial charge >= 0.3 is 5.97 Å². The number of thiocyanates is 2. The number of hydrogen-bond acceptors (Lipinski definition) is 10. The Morgan fingerprint density at radius 1 is 1.26 bits per heavy atom. The van der Waals surface area contributed by atoms with Crippen LogP contribution in [0.3, 0.4) is 0 Å². The minimum absolute atomic E-state index is 0.111. The van der Waals surface area contributed by atoms with E-state index < -0.39 is 41.1 Å². The lowest BCUT2D eigenvalue weighted by atomic mass is 10.0. The van der Waals surface area contributed by atoms with E-state index >= 15 is 0 Å². The number of esters is 1. The van der Waals surface area contributed by atoms with Crippen LogP contribution in [0.4, 0.5) is 8.78 Å². The molecule has 0 aliphatic heterocycles. The number of hydrogen-bond donors (Lipinski definition) is 1. The Morgan fingerprint density at radius 3 is 2.71 bits per heavy atom. The summed E-state index contributed by atoms with van der Waals surface area (Å²) in [4.78, 5) is 14.7. The van der Waals surface area contributed by atoms with E-state index in [0.29, 0.717) is 29.6 Å². The number of carbonyl (C=O) groups is 1. The smallest absolute Gasteiger partial charge is 0.343 e. The molecule has 2 N–H and O–H groups in total. The molecular weight excluding hydrogens is 510 g/mol. The van der Waals surface area contributed by atoms with Gasteiger partial charge in [-0.1, -0.05) is 29.8 Å². The number of carbonyl (C=O) groups excluding carboxylic acids is 1. The van der Waals surface area contributed by atoms with Crippen LogP contribution in [0, 0.1) is 33.0 Å². The summed E-state index contributed by atoms with van der Waals surface area (Å²) in [6, 6.07) is 8.69. The first-order chi connectivity index (χ1) is 16.3. The van der Waals surface area contributed by atoms with Crippen molar-refractivity contribution in [2.45, 2.75) is 22.9 Å². The number of rotatable bonds is 9. The highest BCUT2D eigenvalue weighted by Crippen LogP contribution is 2.41. The molecule has 174 valence electrons. The molecule has 14 heteroatoms. The molecule has 0 radical (unpaired) electrons. The first-order valence-corrected chi connectivity index (χ1v) is 11.1. The topological polar surface area (TPSA) is 140 Å². The summed E-state index contributed by atoms with van der Waals surface area (Å²) in [5.41, 5.74) is 6.49. The quantitative estimate of drug-likeness (QED) is 0.190. The van der Waals surface area contributed by atoms with Crippen LogP contribution in [-0.4, -0.2) is 25.6 Å². The highest BCUT2D eigenvalue weighted by atomic mass is 35.5. The van der Waals surface area contributed by atoms with Gasteiger partial charge in [0.05, 0.1) is 0 Å². The van der Waals surface area contributed by atoms with Gasteiger partial charge in [-0.15, -0.1) is 0 Å². The van der Waals surface area contributed by atoms with E-state index in [1.54, 1.807) is 17.5 Å². The van der Waals surface area contributed by atoms with Gasteiger partial charge < -0.3 is 15.2 Å². The third-order valence-corrected chi connectivity index (χ3v) is 6.03. The predicted molar refractivity (Wildman–Crippen MR) is 119 cm³/mol. The molecule has 0 aliphatic carbocycles. The fourth-order valence-electron chi connectivity index (χ4n) is 2.74. The average molecular weight is 523 g/mol. The number of ether oxygens (including phenoxy) is 2. The molecule has 0 fully saturated rings. The zero-order valence-corrected chi connectivity index (χ0v) is 19.3. The molecule has 2 atom stereocenters. The van der Waals surface area contributed by atoms with Gasteiger partial charge in [-0.2, -0.15) is 15.6 Å². The standard InChI is InChI=1S/C20H13ClF2N6O3S2/c21-14-4-2-1-3-13(14)17(32-16-6-5-12(22)7-15(16)23)20(26,34-9-25)18(30)31-11-29-19(33-8-24)27-10-28-29/h1-7,10,17H,11,26H2/t17-,20+/m0/s1. The molecule has 0 saturated carbocycles. The Kier molecular flexibility index (Phi) is 8.31. The molecule has 3 rings (SSSR count). The molecule has 0 unspecified atom stereocenters. The molecule has 0 aliphatic rings. The van der Waals surface area contributed by atoms with Crippen molar-refractivity contribution in [1.82, 2.24) is 14.8 Å². The molecule has 0 bridgehead atoms. The van der Waals surface area contributed by atoms with Crippen molar-refractivity contribution in [3.05, 3.63) is 71.0 Å². The fourth-order valence-corrected chi connectivity index (χ4v) is 3.94. The number of aromatic nitrogens is 3. The van der Waals surface area contributed by atoms with E-state index in [1.165, 1.54) is 12.1 Å². The van der Waals surface area contributed by atoms with Crippen molar-refractivity contribution in [3.8, 4) is 16.6 Å². The van der Waals surface area contributed by atoms with Crippen LogP contribution in [0.1, 0.15) is 11.7 Å². The normalized spacial score (nSPS) is 13.2. The molecule has 34 heavy (non-hydrogen) atoms. The van der Waals surface area contributed by atoms with Crippen LogP contribution >= 0.6 is 35.1 Å². The summed E-state index contributed by atoms with van der Waals surface area (Å²) in [5.74, 6) is -3.47. The maximum Gasteiger partial charge on any atom is 0.343 e. The monoisotopic (exact) mass is 522 g/mol. The zero-order valence-electron chi connectivity index (χ0n) is 16.9. The second kappa shape index (κ2) is 11.2. The van der Waals surface area contributed by atoms with Crippen molar-refractivity contribution in [1.29, 1.82) is 10.5 Å². The summed E-state index contributed by atoms with van der Waals surface area (Å²) in [5, 5.41) is 25.9. The van der Waals surface area contributed by atoms with Gasteiger partial charge in [0.1, 0.15) is 22.9 Å². The molecule has 0 spiro atoms. The van der Waals surface area contributed by atoms with Gasteiger partial charge in [-0.05, 0) is 30.0 Å². The predicted octanol–water partition coefficient (Wildman–Crippen LogP) is 3.97. The number of nitriles is 2. The van der Waals surface area contributed by atoms with E-state index in [2.05, 4.69) is 10.1 Å². The second-order valence-electron chi connectivity index (χ2n) is 6.38. The molecule has 0 saturated heterocycles. The Hall–Kier alpha value is -3.36. The average Bonchev–Trinajstić information content (AvgIpc) is 3.25.